The normalized spacial score (nSPS) is 21.4. The summed E-state index contributed by atoms with van der Waals surface area (Å²) in [6.07, 6.45) is 2.81. The van der Waals surface area contributed by atoms with E-state index in [1.807, 2.05) is 43.9 Å². The summed E-state index contributed by atoms with van der Waals surface area (Å²) in [5.41, 5.74) is 1.73. The number of rotatable bonds is 4. The molecule has 2 aromatic heterocycles. The molecule has 0 bridgehead atoms. The van der Waals surface area contributed by atoms with Crippen molar-refractivity contribution in [3.8, 4) is 0 Å². The van der Waals surface area contributed by atoms with Gasteiger partial charge in [-0.25, -0.2) is 9.97 Å². The van der Waals surface area contributed by atoms with Crippen LogP contribution >= 0.6 is 0 Å². The predicted octanol–water partition coefficient (Wildman–Crippen LogP) is 1.29. The van der Waals surface area contributed by atoms with Crippen LogP contribution in [0.2, 0.25) is 0 Å². The molecule has 4 rings (SSSR count). The van der Waals surface area contributed by atoms with Gasteiger partial charge in [-0.3, -0.25) is 4.79 Å². The molecule has 0 radical (unpaired) electrons. The Labute approximate surface area is 164 Å². The van der Waals surface area contributed by atoms with E-state index in [-0.39, 0.29) is 23.7 Å². The molecule has 9 heteroatoms. The van der Waals surface area contributed by atoms with Crippen LogP contribution in [-0.2, 0) is 28.0 Å². The maximum absolute atomic E-state index is 12.8. The van der Waals surface area contributed by atoms with Gasteiger partial charge >= 0.3 is 0 Å². The Morgan fingerprint density at radius 3 is 2.89 bits per heavy atom. The monoisotopic (exact) mass is 386 g/mol. The first-order valence-corrected chi connectivity index (χ1v) is 9.60. The number of hydrogen-bond donors (Lipinski definition) is 0. The van der Waals surface area contributed by atoms with Gasteiger partial charge in [0.25, 0.3) is 0 Å². The molecule has 1 amide bonds. The van der Waals surface area contributed by atoms with Gasteiger partial charge in [-0.05, 0) is 6.42 Å². The van der Waals surface area contributed by atoms with Crippen molar-refractivity contribution in [2.75, 3.05) is 38.7 Å². The number of hydrogen-bond acceptors (Lipinski definition) is 8. The molecule has 0 saturated carbocycles. The lowest BCUT2D eigenvalue weighted by Gasteiger charge is -2.34. The molecule has 1 spiro atoms. The fourth-order valence-electron chi connectivity index (χ4n) is 3.82. The molecular formula is C19H26N6O3. The van der Waals surface area contributed by atoms with Gasteiger partial charge in [0.1, 0.15) is 0 Å². The van der Waals surface area contributed by atoms with E-state index in [0.29, 0.717) is 44.0 Å². The maximum Gasteiger partial charge on any atom is 0.230 e. The average Bonchev–Trinajstić information content (AvgIpc) is 3.30. The molecule has 0 aliphatic carbocycles. The number of aromatic nitrogens is 4. The van der Waals surface area contributed by atoms with Crippen LogP contribution in [0.4, 0.5) is 5.95 Å². The summed E-state index contributed by atoms with van der Waals surface area (Å²) < 4.78 is 11.0. The van der Waals surface area contributed by atoms with Gasteiger partial charge in [-0.15, -0.1) is 0 Å². The summed E-state index contributed by atoms with van der Waals surface area (Å²) >= 11 is 0. The van der Waals surface area contributed by atoms with Crippen LogP contribution in [0.15, 0.2) is 10.7 Å². The lowest BCUT2D eigenvalue weighted by atomic mass is 9.80. The van der Waals surface area contributed by atoms with Gasteiger partial charge in [0, 0.05) is 44.9 Å². The lowest BCUT2D eigenvalue weighted by molar-refractivity contribution is -0.130. The second-order valence-electron chi connectivity index (χ2n) is 8.16. The van der Waals surface area contributed by atoms with E-state index in [1.165, 1.54) is 0 Å². The number of likely N-dealkylation sites (tertiary alicyclic amines) is 1. The minimum Gasteiger partial charge on any atom is -0.376 e. The highest BCUT2D eigenvalue weighted by atomic mass is 16.5. The van der Waals surface area contributed by atoms with Crippen LogP contribution in [0, 0.1) is 0 Å². The molecule has 28 heavy (non-hydrogen) atoms. The molecule has 9 nitrogen and oxygen atoms in total. The van der Waals surface area contributed by atoms with Gasteiger partial charge in [0.05, 0.1) is 30.7 Å². The maximum atomic E-state index is 12.8. The van der Waals surface area contributed by atoms with E-state index in [9.17, 15) is 4.79 Å². The van der Waals surface area contributed by atoms with Crippen LogP contribution < -0.4 is 4.90 Å². The number of ether oxygens (including phenoxy) is 1. The lowest BCUT2D eigenvalue weighted by Crippen LogP contribution is -2.42. The highest BCUT2D eigenvalue weighted by Crippen LogP contribution is 2.39. The van der Waals surface area contributed by atoms with E-state index in [0.717, 1.165) is 17.7 Å². The molecule has 1 fully saturated rings. The summed E-state index contributed by atoms with van der Waals surface area (Å²) in [5.74, 6) is 1.82. The van der Waals surface area contributed by atoms with Crippen molar-refractivity contribution in [2.24, 2.45) is 0 Å². The van der Waals surface area contributed by atoms with Crippen molar-refractivity contribution < 1.29 is 14.1 Å². The number of anilines is 1. The van der Waals surface area contributed by atoms with Crippen LogP contribution in [0.5, 0.6) is 0 Å². The summed E-state index contributed by atoms with van der Waals surface area (Å²) in [6, 6.07) is 0. The third kappa shape index (κ3) is 3.34. The van der Waals surface area contributed by atoms with Crippen molar-refractivity contribution in [2.45, 2.75) is 44.6 Å². The third-order valence-corrected chi connectivity index (χ3v) is 5.38. The van der Waals surface area contributed by atoms with E-state index < -0.39 is 0 Å². The Morgan fingerprint density at radius 1 is 1.36 bits per heavy atom. The number of carbonyl (C=O) groups excluding carboxylic acids is 1. The van der Waals surface area contributed by atoms with Crippen molar-refractivity contribution in [1.29, 1.82) is 0 Å². The molecule has 4 heterocycles. The SMILES string of the molecule is CC(C)c1nc(CC(=O)N2CCC3(COCc4cnc(N(C)C)nc43)C2)no1. The minimum absolute atomic E-state index is 0.00185. The molecule has 150 valence electrons. The van der Waals surface area contributed by atoms with Gasteiger partial charge in [0.15, 0.2) is 5.82 Å². The predicted molar refractivity (Wildman–Crippen MR) is 101 cm³/mol. The van der Waals surface area contributed by atoms with Crippen LogP contribution in [0.25, 0.3) is 0 Å². The summed E-state index contributed by atoms with van der Waals surface area (Å²) in [4.78, 5) is 30.1. The topological polar surface area (TPSA) is 97.5 Å². The second-order valence-corrected chi connectivity index (χ2v) is 8.16. The van der Waals surface area contributed by atoms with E-state index in [1.54, 1.807) is 0 Å². The molecule has 0 N–H and O–H groups in total. The fourth-order valence-corrected chi connectivity index (χ4v) is 3.82. The van der Waals surface area contributed by atoms with Gasteiger partial charge in [-0.1, -0.05) is 19.0 Å². The third-order valence-electron chi connectivity index (χ3n) is 5.38. The Balaban J connectivity index is 1.52. The quantitative estimate of drug-likeness (QED) is 0.775. The fraction of sp³-hybridized carbons (Fsp3) is 0.632. The molecule has 1 unspecified atom stereocenters. The summed E-state index contributed by atoms with van der Waals surface area (Å²) in [6.45, 7) is 6.28. The largest absolute Gasteiger partial charge is 0.376 e. The number of amides is 1. The number of fused-ring (bicyclic) bond motifs is 2. The first-order valence-electron chi connectivity index (χ1n) is 9.60. The highest BCUT2D eigenvalue weighted by Gasteiger charge is 2.46. The van der Waals surface area contributed by atoms with E-state index in [2.05, 4.69) is 15.1 Å². The van der Waals surface area contributed by atoms with Gasteiger partial charge in [-0.2, -0.15) is 4.98 Å². The highest BCUT2D eigenvalue weighted by molar-refractivity contribution is 5.78. The Bertz CT molecular complexity index is 880. The minimum atomic E-state index is -0.280. The molecule has 2 aromatic rings. The van der Waals surface area contributed by atoms with Gasteiger partial charge < -0.3 is 19.1 Å². The number of carbonyl (C=O) groups is 1. The van der Waals surface area contributed by atoms with Crippen LogP contribution in [-0.4, -0.2) is 64.7 Å². The van der Waals surface area contributed by atoms with Crippen LogP contribution in [0.1, 0.15) is 49.2 Å². The summed E-state index contributed by atoms with van der Waals surface area (Å²) in [5, 5.41) is 3.94. The molecule has 2 aliphatic heterocycles. The molecule has 2 aliphatic rings. The van der Waals surface area contributed by atoms with E-state index >= 15 is 0 Å². The molecule has 1 saturated heterocycles. The first-order chi connectivity index (χ1) is 13.4. The molecule has 1 atom stereocenters. The van der Waals surface area contributed by atoms with Crippen LogP contribution in [0.3, 0.4) is 0 Å². The zero-order valence-corrected chi connectivity index (χ0v) is 16.8. The Morgan fingerprint density at radius 2 is 2.18 bits per heavy atom. The van der Waals surface area contributed by atoms with E-state index in [4.69, 9.17) is 14.2 Å². The van der Waals surface area contributed by atoms with Crippen molar-refractivity contribution in [3.05, 3.63) is 29.2 Å². The zero-order valence-electron chi connectivity index (χ0n) is 16.8. The van der Waals surface area contributed by atoms with Crippen molar-refractivity contribution in [3.63, 3.8) is 0 Å². The zero-order chi connectivity index (χ0) is 19.9. The Kier molecular flexibility index (Phi) is 4.78. The van der Waals surface area contributed by atoms with Gasteiger partial charge in [0.2, 0.25) is 17.7 Å². The smallest absolute Gasteiger partial charge is 0.230 e. The number of nitrogens with zero attached hydrogens (tertiary/aromatic N) is 6. The van der Waals surface area contributed by atoms with Crippen molar-refractivity contribution >= 4 is 11.9 Å². The first kappa shape index (κ1) is 18.8. The Hall–Kier alpha value is -2.55. The molecule has 0 aromatic carbocycles. The molecular weight excluding hydrogens is 360 g/mol. The second kappa shape index (κ2) is 7.12. The van der Waals surface area contributed by atoms with Crippen molar-refractivity contribution in [1.82, 2.24) is 25.0 Å². The standard InChI is InChI=1S/C19H26N6O3/c1-12(2)17-21-14(23-28-17)7-15(26)25-6-5-19(10-25)11-27-9-13-8-20-18(24(3)4)22-16(13)19/h8,12H,5-7,9-11H2,1-4H3. The average molecular weight is 386 g/mol. The summed E-state index contributed by atoms with van der Waals surface area (Å²) in [7, 11) is 3.85.